The number of H-pyrrole nitrogens is 1. The lowest BCUT2D eigenvalue weighted by Crippen LogP contribution is -2.24. The van der Waals surface area contributed by atoms with Gasteiger partial charge in [0.05, 0.1) is 6.21 Å². The third kappa shape index (κ3) is 3.59. The molecule has 134 valence electrons. The number of aryl methyl sites for hydroxylation is 1. The first kappa shape index (κ1) is 16.6. The molecule has 2 aromatic heterocycles. The number of aromatic nitrogens is 5. The minimum atomic E-state index is -0.333. The van der Waals surface area contributed by atoms with Crippen LogP contribution < -0.4 is 5.43 Å². The number of hydrazone groups is 1. The van der Waals surface area contributed by atoms with E-state index in [9.17, 15) is 4.79 Å². The molecule has 0 atom stereocenters. The lowest BCUT2D eigenvalue weighted by Gasteiger charge is -1.98. The third-order valence-electron chi connectivity index (χ3n) is 4.10. The number of aromatic amines is 1. The number of nitrogens with zero attached hydrogens (tertiary/aromatic N) is 5. The monoisotopic (exact) mass is 359 g/mol. The molecule has 0 radical (unpaired) electrons. The first-order chi connectivity index (χ1) is 13.2. The molecule has 0 spiro atoms. The zero-order valence-corrected chi connectivity index (χ0v) is 14.6. The van der Waals surface area contributed by atoms with E-state index < -0.39 is 0 Å². The average Bonchev–Trinajstić information content (AvgIpc) is 3.27. The molecule has 2 aromatic carbocycles. The molecule has 0 saturated carbocycles. The Morgan fingerprint density at radius 1 is 1.19 bits per heavy atom. The summed E-state index contributed by atoms with van der Waals surface area (Å²) in [6, 6.07) is 17.4. The molecule has 0 unspecified atom stereocenters. The van der Waals surface area contributed by atoms with Crippen LogP contribution in [0.1, 0.15) is 11.3 Å². The van der Waals surface area contributed by atoms with E-state index in [-0.39, 0.29) is 12.5 Å². The van der Waals surface area contributed by atoms with E-state index in [1.54, 1.807) is 6.21 Å². The molecule has 4 rings (SSSR count). The second-order valence-electron chi connectivity index (χ2n) is 6.01. The molecule has 2 heterocycles. The third-order valence-corrected chi connectivity index (χ3v) is 4.10. The maximum atomic E-state index is 12.1. The zero-order valence-electron chi connectivity index (χ0n) is 14.6. The summed E-state index contributed by atoms with van der Waals surface area (Å²) in [4.78, 5) is 16.6. The second-order valence-corrected chi connectivity index (χ2v) is 6.01. The van der Waals surface area contributed by atoms with Crippen LogP contribution >= 0.6 is 0 Å². The Morgan fingerprint density at radius 2 is 1.96 bits per heavy atom. The summed E-state index contributed by atoms with van der Waals surface area (Å²) in [7, 11) is 0. The number of hydrogen-bond acceptors (Lipinski definition) is 5. The van der Waals surface area contributed by atoms with Crippen LogP contribution in [-0.4, -0.2) is 37.3 Å². The Balaban J connectivity index is 1.41. The van der Waals surface area contributed by atoms with Gasteiger partial charge in [0.25, 0.3) is 5.91 Å². The molecule has 4 aromatic rings. The highest BCUT2D eigenvalue weighted by molar-refractivity contribution is 6.00. The summed E-state index contributed by atoms with van der Waals surface area (Å²) in [5.41, 5.74) is 6.30. The van der Waals surface area contributed by atoms with E-state index in [4.69, 9.17) is 0 Å². The van der Waals surface area contributed by atoms with Crippen molar-refractivity contribution in [3.05, 3.63) is 65.9 Å². The van der Waals surface area contributed by atoms with Gasteiger partial charge in [-0.3, -0.25) is 4.79 Å². The molecule has 27 heavy (non-hydrogen) atoms. The van der Waals surface area contributed by atoms with Crippen LogP contribution in [0.4, 0.5) is 0 Å². The van der Waals surface area contributed by atoms with Crippen molar-refractivity contribution in [2.75, 3.05) is 0 Å². The minimum Gasteiger partial charge on any atom is -0.358 e. The quantitative estimate of drug-likeness (QED) is 0.422. The van der Waals surface area contributed by atoms with E-state index in [1.807, 2.05) is 61.5 Å². The van der Waals surface area contributed by atoms with Gasteiger partial charge in [0.2, 0.25) is 5.82 Å². The molecular weight excluding hydrogens is 342 g/mol. The van der Waals surface area contributed by atoms with Crippen molar-refractivity contribution in [3.63, 3.8) is 0 Å². The first-order valence-corrected chi connectivity index (χ1v) is 8.43. The predicted octanol–water partition coefficient (Wildman–Crippen LogP) is 2.28. The van der Waals surface area contributed by atoms with Crippen molar-refractivity contribution in [1.29, 1.82) is 0 Å². The number of hydrogen-bond donors (Lipinski definition) is 2. The van der Waals surface area contributed by atoms with E-state index in [2.05, 4.69) is 30.9 Å². The number of amides is 1. The van der Waals surface area contributed by atoms with E-state index in [0.717, 1.165) is 27.7 Å². The molecule has 0 aliphatic rings. The number of para-hydroxylation sites is 1. The van der Waals surface area contributed by atoms with Gasteiger partial charge in [0.15, 0.2) is 0 Å². The topological polar surface area (TPSA) is 101 Å². The SMILES string of the molecule is Cc1[nH]c2ccccc2c1C=NNC(=O)Cn1nnc(-c2ccccc2)n1. The van der Waals surface area contributed by atoms with E-state index in [1.165, 1.54) is 4.80 Å². The maximum absolute atomic E-state index is 12.1. The summed E-state index contributed by atoms with van der Waals surface area (Å²) in [6.07, 6.45) is 1.64. The number of rotatable bonds is 5. The van der Waals surface area contributed by atoms with Gasteiger partial charge in [-0.1, -0.05) is 48.5 Å². The summed E-state index contributed by atoms with van der Waals surface area (Å²) < 4.78 is 0. The Labute approximate surface area is 154 Å². The Morgan fingerprint density at radius 3 is 2.81 bits per heavy atom. The van der Waals surface area contributed by atoms with Crippen molar-refractivity contribution in [1.82, 2.24) is 30.6 Å². The maximum Gasteiger partial charge on any atom is 0.263 e. The van der Waals surface area contributed by atoms with Gasteiger partial charge in [-0.05, 0) is 18.2 Å². The van der Waals surface area contributed by atoms with Crippen LogP contribution in [-0.2, 0) is 11.3 Å². The Hall–Kier alpha value is -3.81. The summed E-state index contributed by atoms with van der Waals surface area (Å²) in [5.74, 6) is 0.141. The lowest BCUT2D eigenvalue weighted by molar-refractivity contribution is -0.122. The van der Waals surface area contributed by atoms with Crippen molar-refractivity contribution in [2.24, 2.45) is 5.10 Å². The molecule has 8 heteroatoms. The summed E-state index contributed by atoms with van der Waals surface area (Å²) >= 11 is 0. The van der Waals surface area contributed by atoms with Crippen LogP contribution in [0.25, 0.3) is 22.3 Å². The lowest BCUT2D eigenvalue weighted by atomic mass is 10.1. The van der Waals surface area contributed by atoms with Crippen LogP contribution in [0.5, 0.6) is 0 Å². The number of fused-ring (bicyclic) bond motifs is 1. The van der Waals surface area contributed by atoms with Crippen LogP contribution in [0.2, 0.25) is 0 Å². The normalized spacial score (nSPS) is 11.3. The van der Waals surface area contributed by atoms with E-state index in [0.29, 0.717) is 5.82 Å². The highest BCUT2D eigenvalue weighted by Gasteiger charge is 2.09. The van der Waals surface area contributed by atoms with Crippen LogP contribution in [0.3, 0.4) is 0 Å². The van der Waals surface area contributed by atoms with Gasteiger partial charge in [0.1, 0.15) is 6.54 Å². The van der Waals surface area contributed by atoms with Gasteiger partial charge in [0, 0.05) is 27.7 Å². The fourth-order valence-corrected chi connectivity index (χ4v) is 2.81. The van der Waals surface area contributed by atoms with Crippen molar-refractivity contribution in [2.45, 2.75) is 13.5 Å². The highest BCUT2D eigenvalue weighted by Crippen LogP contribution is 2.19. The smallest absolute Gasteiger partial charge is 0.263 e. The van der Waals surface area contributed by atoms with Crippen molar-refractivity contribution >= 4 is 23.0 Å². The number of tetrazole rings is 1. The summed E-state index contributed by atoms with van der Waals surface area (Å²) in [6.45, 7) is 1.90. The summed E-state index contributed by atoms with van der Waals surface area (Å²) in [5, 5.41) is 17.2. The molecule has 0 saturated heterocycles. The van der Waals surface area contributed by atoms with Gasteiger partial charge in [-0.2, -0.15) is 9.90 Å². The largest absolute Gasteiger partial charge is 0.358 e. The Bertz CT molecular complexity index is 1110. The van der Waals surface area contributed by atoms with Gasteiger partial charge in [-0.15, -0.1) is 10.2 Å². The minimum absolute atomic E-state index is 0.0654. The molecule has 2 N–H and O–H groups in total. The van der Waals surface area contributed by atoms with Crippen molar-refractivity contribution < 1.29 is 4.79 Å². The second kappa shape index (κ2) is 7.20. The zero-order chi connectivity index (χ0) is 18.6. The number of carbonyl (C=O) groups is 1. The van der Waals surface area contributed by atoms with E-state index >= 15 is 0 Å². The molecule has 0 aliphatic carbocycles. The molecule has 0 aliphatic heterocycles. The van der Waals surface area contributed by atoms with Crippen molar-refractivity contribution in [3.8, 4) is 11.4 Å². The first-order valence-electron chi connectivity index (χ1n) is 8.43. The fraction of sp³-hybridized carbons (Fsp3) is 0.105. The van der Waals surface area contributed by atoms with Crippen LogP contribution in [0, 0.1) is 6.92 Å². The molecule has 0 fully saturated rings. The molecular formula is C19H17N7O. The number of carbonyl (C=O) groups excluding carboxylic acids is 1. The highest BCUT2D eigenvalue weighted by atomic mass is 16.2. The van der Waals surface area contributed by atoms with Gasteiger partial charge >= 0.3 is 0 Å². The standard InChI is InChI=1S/C19H17N7O/c1-13-16(15-9-5-6-10-17(15)21-13)11-20-22-18(27)12-26-24-19(23-25-26)14-7-3-2-4-8-14/h2-11,21H,12H2,1H3,(H,22,27). The molecule has 8 nitrogen and oxygen atoms in total. The molecule has 0 bridgehead atoms. The Kier molecular flexibility index (Phi) is 4.44. The van der Waals surface area contributed by atoms with Crippen LogP contribution in [0.15, 0.2) is 59.7 Å². The fourth-order valence-electron chi connectivity index (χ4n) is 2.81. The molecule has 1 amide bonds. The average molecular weight is 359 g/mol. The number of nitrogens with one attached hydrogen (secondary N) is 2. The number of benzene rings is 2. The predicted molar refractivity (Wildman–Crippen MR) is 102 cm³/mol. The van der Waals surface area contributed by atoms with Gasteiger partial charge < -0.3 is 4.98 Å². The van der Waals surface area contributed by atoms with Gasteiger partial charge in [-0.25, -0.2) is 5.43 Å².